The molecule has 0 N–H and O–H groups in total. The third-order valence-electron chi connectivity index (χ3n) is 4.67. The summed E-state index contributed by atoms with van der Waals surface area (Å²) in [5, 5.41) is 0. The Morgan fingerprint density at radius 3 is 1.52 bits per heavy atom. The Bertz CT molecular complexity index is 1050. The van der Waals surface area contributed by atoms with E-state index in [0.29, 0.717) is 5.56 Å². The van der Waals surface area contributed by atoms with Crippen LogP contribution in [0.25, 0.3) is 6.08 Å². The van der Waals surface area contributed by atoms with Crippen molar-refractivity contribution in [3.63, 3.8) is 0 Å². The first-order valence-electron chi connectivity index (χ1n) is 9.59. The van der Waals surface area contributed by atoms with E-state index < -0.39 is 0 Å². The summed E-state index contributed by atoms with van der Waals surface area (Å²) in [5.74, 6) is -0.00799. The van der Waals surface area contributed by atoms with Gasteiger partial charge in [0.1, 0.15) is 0 Å². The largest absolute Gasteiger partial charge is 0.311 e. The molecule has 0 saturated carbocycles. The second kappa shape index (κ2) is 8.85. The van der Waals surface area contributed by atoms with E-state index in [4.69, 9.17) is 0 Å². The van der Waals surface area contributed by atoms with Crippen molar-refractivity contribution in [1.82, 2.24) is 0 Å². The molecule has 0 bridgehead atoms. The fourth-order valence-corrected chi connectivity index (χ4v) is 3.21. The van der Waals surface area contributed by atoms with Crippen LogP contribution in [-0.4, -0.2) is 5.78 Å². The van der Waals surface area contributed by atoms with E-state index in [9.17, 15) is 4.79 Å². The second-order valence-electron chi connectivity index (χ2n) is 6.66. The zero-order chi connectivity index (χ0) is 19.9. The zero-order valence-corrected chi connectivity index (χ0v) is 16.0. The monoisotopic (exact) mass is 375 g/mol. The van der Waals surface area contributed by atoms with Gasteiger partial charge >= 0.3 is 0 Å². The van der Waals surface area contributed by atoms with Crippen LogP contribution in [0.15, 0.2) is 121 Å². The number of allylic oxidation sites excluding steroid dienone is 1. The highest BCUT2D eigenvalue weighted by molar-refractivity contribution is 6.07. The lowest BCUT2D eigenvalue weighted by atomic mass is 10.1. The molecule has 0 atom stereocenters. The van der Waals surface area contributed by atoms with Crippen LogP contribution < -0.4 is 4.90 Å². The first kappa shape index (κ1) is 18.5. The minimum absolute atomic E-state index is 0.00799. The maximum Gasteiger partial charge on any atom is 0.185 e. The number of para-hydroxylation sites is 2. The van der Waals surface area contributed by atoms with Crippen LogP contribution in [0.3, 0.4) is 0 Å². The summed E-state index contributed by atoms with van der Waals surface area (Å²) >= 11 is 0. The molecule has 4 rings (SSSR count). The molecule has 0 saturated heterocycles. The number of ketones is 1. The summed E-state index contributed by atoms with van der Waals surface area (Å²) in [5.41, 5.74) is 4.83. The lowest BCUT2D eigenvalue weighted by Crippen LogP contribution is -2.09. The Balaban J connectivity index is 1.61. The van der Waals surface area contributed by atoms with Crippen LogP contribution in [0.1, 0.15) is 15.9 Å². The number of nitrogens with zero attached hydrogens (tertiary/aromatic N) is 1. The van der Waals surface area contributed by atoms with Gasteiger partial charge in [-0.05, 0) is 60.2 Å². The molecule has 0 fully saturated rings. The molecule has 0 unspecified atom stereocenters. The van der Waals surface area contributed by atoms with E-state index in [1.165, 1.54) is 0 Å². The van der Waals surface area contributed by atoms with Gasteiger partial charge in [-0.2, -0.15) is 0 Å². The Hall–Kier alpha value is -3.91. The first-order valence-corrected chi connectivity index (χ1v) is 9.59. The molecule has 2 heteroatoms. The van der Waals surface area contributed by atoms with Crippen molar-refractivity contribution in [1.29, 1.82) is 0 Å². The smallest absolute Gasteiger partial charge is 0.185 e. The van der Waals surface area contributed by atoms with Crippen LogP contribution in [-0.2, 0) is 0 Å². The Kier molecular flexibility index (Phi) is 5.63. The molecule has 0 aromatic heterocycles. The fraction of sp³-hybridized carbons (Fsp3) is 0. The molecular weight excluding hydrogens is 354 g/mol. The van der Waals surface area contributed by atoms with Gasteiger partial charge in [-0.25, -0.2) is 0 Å². The third kappa shape index (κ3) is 4.50. The van der Waals surface area contributed by atoms with E-state index in [1.54, 1.807) is 6.08 Å². The van der Waals surface area contributed by atoms with Crippen molar-refractivity contribution in [2.45, 2.75) is 0 Å². The molecule has 2 nitrogen and oxygen atoms in total. The van der Waals surface area contributed by atoms with Gasteiger partial charge < -0.3 is 4.90 Å². The Morgan fingerprint density at radius 2 is 1.00 bits per heavy atom. The van der Waals surface area contributed by atoms with Crippen LogP contribution in [0.5, 0.6) is 0 Å². The number of carbonyl (C=O) groups excluding carboxylic acids is 1. The molecule has 0 aliphatic heterocycles. The first-order chi connectivity index (χ1) is 14.3. The Labute approximate surface area is 171 Å². The molecule has 4 aromatic rings. The van der Waals surface area contributed by atoms with Gasteiger partial charge in [-0.3, -0.25) is 4.79 Å². The van der Waals surface area contributed by atoms with E-state index in [2.05, 4.69) is 29.2 Å². The van der Waals surface area contributed by atoms with E-state index >= 15 is 0 Å². The summed E-state index contributed by atoms with van der Waals surface area (Å²) in [6.07, 6.45) is 3.47. The zero-order valence-electron chi connectivity index (χ0n) is 16.0. The van der Waals surface area contributed by atoms with Gasteiger partial charge in [0.15, 0.2) is 5.78 Å². The molecule has 4 aromatic carbocycles. The van der Waals surface area contributed by atoms with Crippen LogP contribution in [0, 0.1) is 0 Å². The number of benzene rings is 4. The number of rotatable bonds is 6. The predicted octanol–water partition coefficient (Wildman–Crippen LogP) is 7.05. The fourth-order valence-electron chi connectivity index (χ4n) is 3.21. The molecule has 0 heterocycles. The highest BCUT2D eigenvalue weighted by Gasteiger charge is 2.12. The number of hydrogen-bond donors (Lipinski definition) is 0. The summed E-state index contributed by atoms with van der Waals surface area (Å²) in [4.78, 5) is 14.7. The van der Waals surface area contributed by atoms with E-state index in [-0.39, 0.29) is 5.78 Å². The minimum atomic E-state index is -0.00799. The highest BCUT2D eigenvalue weighted by Crippen LogP contribution is 2.34. The average Bonchev–Trinajstić information content (AvgIpc) is 2.80. The van der Waals surface area contributed by atoms with Gasteiger partial charge in [-0.15, -0.1) is 0 Å². The quantitative estimate of drug-likeness (QED) is 0.266. The summed E-state index contributed by atoms with van der Waals surface area (Å²) in [6.45, 7) is 0. The maximum atomic E-state index is 12.5. The summed E-state index contributed by atoms with van der Waals surface area (Å²) in [7, 11) is 0. The molecule has 0 amide bonds. The van der Waals surface area contributed by atoms with E-state index in [1.807, 2.05) is 97.1 Å². The van der Waals surface area contributed by atoms with Crippen molar-refractivity contribution in [2.75, 3.05) is 4.90 Å². The summed E-state index contributed by atoms with van der Waals surface area (Å²) < 4.78 is 0. The molecular formula is C27H21NO. The molecule has 140 valence electrons. The predicted molar refractivity (Wildman–Crippen MR) is 121 cm³/mol. The molecule has 29 heavy (non-hydrogen) atoms. The molecule has 0 spiro atoms. The Morgan fingerprint density at radius 1 is 0.552 bits per heavy atom. The highest BCUT2D eigenvalue weighted by atomic mass is 16.1. The van der Waals surface area contributed by atoms with Gasteiger partial charge in [0.25, 0.3) is 0 Å². The number of hydrogen-bond acceptors (Lipinski definition) is 2. The van der Waals surface area contributed by atoms with Crippen molar-refractivity contribution in [2.24, 2.45) is 0 Å². The van der Waals surface area contributed by atoms with Crippen LogP contribution in [0.4, 0.5) is 17.1 Å². The van der Waals surface area contributed by atoms with Crippen molar-refractivity contribution in [3.8, 4) is 0 Å². The molecule has 0 aliphatic rings. The van der Waals surface area contributed by atoms with Crippen LogP contribution >= 0.6 is 0 Å². The summed E-state index contributed by atoms with van der Waals surface area (Å²) in [6, 6.07) is 38.0. The lowest BCUT2D eigenvalue weighted by molar-refractivity contribution is 0.104. The average molecular weight is 375 g/mol. The van der Waals surface area contributed by atoms with Crippen LogP contribution in [0.2, 0.25) is 0 Å². The van der Waals surface area contributed by atoms with E-state index in [0.717, 1.165) is 22.6 Å². The van der Waals surface area contributed by atoms with Crippen molar-refractivity contribution in [3.05, 3.63) is 132 Å². The normalized spacial score (nSPS) is 10.8. The van der Waals surface area contributed by atoms with Gasteiger partial charge in [0.2, 0.25) is 0 Å². The SMILES string of the molecule is O=C(/C=C/c1ccccc1)c1ccc(N(c2ccccc2)c2ccccc2)cc1. The molecule has 0 radical (unpaired) electrons. The van der Waals surface area contributed by atoms with Gasteiger partial charge in [0, 0.05) is 22.6 Å². The van der Waals surface area contributed by atoms with Gasteiger partial charge in [-0.1, -0.05) is 72.8 Å². The lowest BCUT2D eigenvalue weighted by Gasteiger charge is -2.25. The molecule has 0 aliphatic carbocycles. The maximum absolute atomic E-state index is 12.5. The second-order valence-corrected chi connectivity index (χ2v) is 6.66. The topological polar surface area (TPSA) is 20.3 Å². The van der Waals surface area contributed by atoms with Crippen molar-refractivity contribution < 1.29 is 4.79 Å². The third-order valence-corrected chi connectivity index (χ3v) is 4.67. The number of carbonyl (C=O) groups is 1. The number of anilines is 3. The minimum Gasteiger partial charge on any atom is -0.311 e. The van der Waals surface area contributed by atoms with Gasteiger partial charge in [0.05, 0.1) is 0 Å². The standard InChI is InChI=1S/C27H21NO/c29-27(21-16-22-10-4-1-5-11-22)23-17-19-26(20-18-23)28(24-12-6-2-7-13-24)25-14-8-3-9-15-25/h1-21H/b21-16+. The van der Waals surface area contributed by atoms with Crippen molar-refractivity contribution >= 4 is 28.9 Å².